The van der Waals surface area contributed by atoms with Crippen molar-refractivity contribution in [3.63, 3.8) is 0 Å². The van der Waals surface area contributed by atoms with Crippen molar-refractivity contribution in [2.75, 3.05) is 26.2 Å². The van der Waals surface area contributed by atoms with Crippen LogP contribution < -0.4 is 5.32 Å². The van der Waals surface area contributed by atoms with Crippen LogP contribution in [0.15, 0.2) is 23.1 Å². The quantitative estimate of drug-likeness (QED) is 0.802. The number of aryl methyl sites for hydroxylation is 2. The second-order valence-electron chi connectivity index (χ2n) is 7.73. The van der Waals surface area contributed by atoms with Crippen molar-refractivity contribution in [3.8, 4) is 0 Å². The zero-order valence-corrected chi connectivity index (χ0v) is 16.7. The van der Waals surface area contributed by atoms with Crippen molar-refractivity contribution in [3.05, 3.63) is 35.8 Å². The van der Waals surface area contributed by atoms with Crippen LogP contribution in [0.3, 0.4) is 0 Å². The van der Waals surface area contributed by atoms with Crippen molar-refractivity contribution in [2.45, 2.75) is 45.6 Å². The van der Waals surface area contributed by atoms with Crippen LogP contribution in [0.2, 0.25) is 0 Å². The Morgan fingerprint density at radius 1 is 1.14 bits per heavy atom. The Kier molecular flexibility index (Phi) is 6.21. The molecule has 0 saturated carbocycles. The summed E-state index contributed by atoms with van der Waals surface area (Å²) in [6.07, 6.45) is 4.43. The average molecular weight is 387 g/mol. The van der Waals surface area contributed by atoms with Gasteiger partial charge in [-0.1, -0.05) is 6.58 Å². The van der Waals surface area contributed by atoms with E-state index in [2.05, 4.69) is 11.9 Å². The Hall–Kier alpha value is -2.57. The van der Waals surface area contributed by atoms with Gasteiger partial charge >= 0.3 is 0 Å². The number of nitrogens with zero attached hydrogens (tertiary/aromatic N) is 2. The number of carbonyl (C=O) groups is 3. The van der Waals surface area contributed by atoms with Crippen molar-refractivity contribution in [2.24, 2.45) is 5.92 Å². The van der Waals surface area contributed by atoms with Gasteiger partial charge in [0.2, 0.25) is 11.8 Å². The fourth-order valence-electron chi connectivity index (χ4n) is 4.13. The van der Waals surface area contributed by atoms with E-state index in [0.29, 0.717) is 37.5 Å². The van der Waals surface area contributed by atoms with E-state index < -0.39 is 0 Å². The molecule has 3 heterocycles. The smallest absolute Gasteiger partial charge is 0.255 e. The maximum atomic E-state index is 12.9. The van der Waals surface area contributed by atoms with Crippen LogP contribution in [0, 0.1) is 19.8 Å². The molecule has 1 aromatic heterocycles. The molecule has 1 N–H and O–H groups in total. The first-order valence-electron chi connectivity index (χ1n) is 9.97. The molecule has 0 aromatic carbocycles. The molecule has 0 spiro atoms. The zero-order chi connectivity index (χ0) is 20.3. The zero-order valence-electron chi connectivity index (χ0n) is 16.7. The molecule has 1 unspecified atom stereocenters. The van der Waals surface area contributed by atoms with Gasteiger partial charge in [-0.15, -0.1) is 0 Å². The maximum absolute atomic E-state index is 12.9. The molecule has 0 radical (unpaired) electrons. The highest BCUT2D eigenvalue weighted by atomic mass is 16.3. The van der Waals surface area contributed by atoms with Crippen LogP contribution in [0.25, 0.3) is 0 Å². The molecular weight excluding hydrogens is 358 g/mol. The van der Waals surface area contributed by atoms with Gasteiger partial charge in [-0.05, 0) is 51.7 Å². The van der Waals surface area contributed by atoms with Gasteiger partial charge in [-0.2, -0.15) is 0 Å². The predicted octanol–water partition coefficient (Wildman–Crippen LogP) is 2.04. The van der Waals surface area contributed by atoms with Crippen molar-refractivity contribution >= 4 is 17.7 Å². The van der Waals surface area contributed by atoms with Gasteiger partial charge in [0.15, 0.2) is 0 Å². The summed E-state index contributed by atoms with van der Waals surface area (Å²) in [6.45, 7) is 9.55. The van der Waals surface area contributed by atoms with Gasteiger partial charge in [0, 0.05) is 32.2 Å². The standard InChI is InChI=1S/C21H29N3O4/c1-4-19(25)24-9-5-6-16(13-24)21(27)23-10-7-17(8-11-23)22-20(26)18-12-14(2)28-15(18)3/h4,12,16-17H,1,5-11,13H2,2-3H3,(H,22,26). The number of hydrogen-bond donors (Lipinski definition) is 1. The van der Waals surface area contributed by atoms with Crippen molar-refractivity contribution in [1.29, 1.82) is 0 Å². The van der Waals surface area contributed by atoms with E-state index >= 15 is 0 Å². The lowest BCUT2D eigenvalue weighted by Gasteiger charge is -2.37. The van der Waals surface area contributed by atoms with Gasteiger partial charge < -0.3 is 19.5 Å². The van der Waals surface area contributed by atoms with Crippen LogP contribution >= 0.6 is 0 Å². The molecule has 1 atom stereocenters. The minimum absolute atomic E-state index is 0.0522. The van der Waals surface area contributed by atoms with Crippen LogP contribution in [0.1, 0.15) is 47.6 Å². The monoisotopic (exact) mass is 387 g/mol. The van der Waals surface area contributed by atoms with E-state index in [1.165, 1.54) is 6.08 Å². The molecule has 2 aliphatic rings. The van der Waals surface area contributed by atoms with E-state index in [4.69, 9.17) is 4.42 Å². The first-order valence-corrected chi connectivity index (χ1v) is 9.97. The number of furan rings is 1. The lowest BCUT2D eigenvalue weighted by Crippen LogP contribution is -2.51. The van der Waals surface area contributed by atoms with Gasteiger partial charge in [0.05, 0.1) is 11.5 Å². The minimum atomic E-state index is -0.139. The number of carbonyl (C=O) groups excluding carboxylic acids is 3. The summed E-state index contributed by atoms with van der Waals surface area (Å²) in [5, 5.41) is 3.06. The Bertz CT molecular complexity index is 762. The van der Waals surface area contributed by atoms with E-state index in [1.54, 1.807) is 17.9 Å². The van der Waals surface area contributed by atoms with Crippen LogP contribution in [0.4, 0.5) is 0 Å². The van der Waals surface area contributed by atoms with E-state index in [0.717, 1.165) is 31.4 Å². The SMILES string of the molecule is C=CC(=O)N1CCCC(C(=O)N2CCC(NC(=O)c3cc(C)oc3C)CC2)C1. The average Bonchev–Trinajstić information content (AvgIpc) is 3.05. The molecule has 28 heavy (non-hydrogen) atoms. The molecule has 0 bridgehead atoms. The third-order valence-corrected chi connectivity index (χ3v) is 5.68. The summed E-state index contributed by atoms with van der Waals surface area (Å²) in [4.78, 5) is 40.7. The summed E-state index contributed by atoms with van der Waals surface area (Å²) in [5.41, 5.74) is 0.574. The second kappa shape index (κ2) is 8.63. The van der Waals surface area contributed by atoms with Crippen LogP contribution in [0.5, 0.6) is 0 Å². The van der Waals surface area contributed by atoms with E-state index in [9.17, 15) is 14.4 Å². The summed E-state index contributed by atoms with van der Waals surface area (Å²) >= 11 is 0. The van der Waals surface area contributed by atoms with Gasteiger partial charge in [-0.25, -0.2) is 0 Å². The number of likely N-dealkylation sites (tertiary alicyclic amines) is 2. The summed E-state index contributed by atoms with van der Waals surface area (Å²) < 4.78 is 5.43. The summed E-state index contributed by atoms with van der Waals surface area (Å²) in [6, 6.07) is 1.80. The Morgan fingerprint density at radius 3 is 2.46 bits per heavy atom. The van der Waals surface area contributed by atoms with Gasteiger partial charge in [0.1, 0.15) is 11.5 Å². The van der Waals surface area contributed by atoms with Gasteiger partial charge in [-0.3, -0.25) is 14.4 Å². The fourth-order valence-corrected chi connectivity index (χ4v) is 4.13. The second-order valence-corrected chi connectivity index (χ2v) is 7.73. The summed E-state index contributed by atoms with van der Waals surface area (Å²) in [5.74, 6) is 1.10. The number of rotatable bonds is 4. The molecule has 7 nitrogen and oxygen atoms in total. The lowest BCUT2D eigenvalue weighted by atomic mass is 9.94. The predicted molar refractivity (Wildman–Crippen MR) is 105 cm³/mol. The van der Waals surface area contributed by atoms with Gasteiger partial charge in [0.25, 0.3) is 5.91 Å². The highest BCUT2D eigenvalue weighted by Gasteiger charge is 2.32. The number of nitrogens with one attached hydrogen (secondary N) is 1. The topological polar surface area (TPSA) is 82.9 Å². The molecule has 152 valence electrons. The fraction of sp³-hybridized carbons (Fsp3) is 0.571. The lowest BCUT2D eigenvalue weighted by molar-refractivity contribution is -0.140. The Labute approximate surface area is 165 Å². The highest BCUT2D eigenvalue weighted by Crippen LogP contribution is 2.22. The molecule has 1 aromatic rings. The number of hydrogen-bond acceptors (Lipinski definition) is 4. The molecule has 2 fully saturated rings. The van der Waals surface area contributed by atoms with Crippen molar-refractivity contribution < 1.29 is 18.8 Å². The highest BCUT2D eigenvalue weighted by molar-refractivity contribution is 5.95. The molecule has 2 saturated heterocycles. The van der Waals surface area contributed by atoms with Crippen molar-refractivity contribution in [1.82, 2.24) is 15.1 Å². The van der Waals surface area contributed by atoms with Crippen LogP contribution in [-0.4, -0.2) is 59.7 Å². The van der Waals surface area contributed by atoms with Crippen LogP contribution in [-0.2, 0) is 9.59 Å². The molecule has 7 heteroatoms. The normalized spacial score (nSPS) is 20.7. The minimum Gasteiger partial charge on any atom is -0.466 e. The largest absolute Gasteiger partial charge is 0.466 e. The Balaban J connectivity index is 1.50. The first-order chi connectivity index (χ1) is 13.4. The molecule has 0 aliphatic carbocycles. The molecule has 2 aliphatic heterocycles. The Morgan fingerprint density at radius 2 is 1.86 bits per heavy atom. The maximum Gasteiger partial charge on any atom is 0.255 e. The molecule has 3 amide bonds. The van der Waals surface area contributed by atoms with E-state index in [1.807, 2.05) is 11.8 Å². The third kappa shape index (κ3) is 4.46. The summed E-state index contributed by atoms with van der Waals surface area (Å²) in [7, 11) is 0. The molecular formula is C21H29N3O4. The molecule has 3 rings (SSSR count). The first kappa shape index (κ1) is 20.2. The third-order valence-electron chi connectivity index (χ3n) is 5.68. The van der Waals surface area contributed by atoms with E-state index in [-0.39, 0.29) is 29.7 Å². The number of piperidine rings is 2. The number of amides is 3.